The molecule has 9 heteroatoms. The molecule has 1 aromatic carbocycles. The Kier molecular flexibility index (Phi) is 8.76. The van der Waals surface area contributed by atoms with Crippen molar-refractivity contribution < 1.29 is 17.9 Å². The Morgan fingerprint density at radius 1 is 0.879 bits per heavy atom. The van der Waals surface area contributed by atoms with E-state index in [0.29, 0.717) is 38.5 Å². The molecule has 8 nitrogen and oxygen atoms in total. The molecule has 1 N–H and O–H groups in total. The predicted molar refractivity (Wildman–Crippen MR) is 129 cm³/mol. The summed E-state index contributed by atoms with van der Waals surface area (Å²) in [6, 6.07) is 6.46. The van der Waals surface area contributed by atoms with Gasteiger partial charge in [-0.05, 0) is 82.0 Å². The minimum absolute atomic E-state index is 0.0512. The number of amides is 1. The molecule has 184 valence electrons. The highest BCUT2D eigenvalue weighted by Crippen LogP contribution is 2.22. The maximum absolute atomic E-state index is 12.7. The first kappa shape index (κ1) is 24.6. The zero-order chi connectivity index (χ0) is 23.1. The molecule has 3 aliphatic heterocycles. The van der Waals surface area contributed by atoms with Crippen molar-refractivity contribution in [2.45, 2.75) is 43.4 Å². The number of carbonyl (C=O) groups excluding carboxylic acids is 1. The van der Waals surface area contributed by atoms with E-state index in [1.165, 1.54) is 49.6 Å². The Balaban J connectivity index is 1.21. The van der Waals surface area contributed by atoms with Gasteiger partial charge in [-0.3, -0.25) is 9.69 Å². The second-order valence-corrected chi connectivity index (χ2v) is 11.5. The Bertz CT molecular complexity index is 855. The van der Waals surface area contributed by atoms with Gasteiger partial charge in [0.25, 0.3) is 0 Å². The normalized spacial score (nSPS) is 22.7. The van der Waals surface area contributed by atoms with E-state index in [1.54, 1.807) is 24.3 Å². The number of sulfonamides is 1. The van der Waals surface area contributed by atoms with Gasteiger partial charge in [0.05, 0.1) is 24.7 Å². The van der Waals surface area contributed by atoms with Crippen LogP contribution in [0.25, 0.3) is 0 Å². The lowest BCUT2D eigenvalue weighted by Crippen LogP contribution is -2.42. The van der Waals surface area contributed by atoms with Crippen LogP contribution >= 0.6 is 0 Å². The summed E-state index contributed by atoms with van der Waals surface area (Å²) in [7, 11) is -3.52. The maximum Gasteiger partial charge on any atom is 0.243 e. The summed E-state index contributed by atoms with van der Waals surface area (Å²) in [6.07, 6.45) is 7.71. The van der Waals surface area contributed by atoms with E-state index in [-0.39, 0.29) is 10.8 Å². The first-order valence-corrected chi connectivity index (χ1v) is 13.9. The van der Waals surface area contributed by atoms with Gasteiger partial charge in [0, 0.05) is 25.3 Å². The Hall–Kier alpha value is -1.52. The summed E-state index contributed by atoms with van der Waals surface area (Å²) in [5.41, 5.74) is 0.622. The molecule has 0 aromatic heterocycles. The third-order valence-electron chi connectivity index (χ3n) is 7.04. The number of carbonyl (C=O) groups is 1. The molecular formula is C24H38N4O4S. The number of nitrogens with zero attached hydrogens (tertiary/aromatic N) is 3. The van der Waals surface area contributed by atoms with Gasteiger partial charge in [0.2, 0.25) is 15.9 Å². The van der Waals surface area contributed by atoms with Crippen molar-refractivity contribution >= 4 is 21.6 Å². The molecule has 0 spiro atoms. The summed E-state index contributed by atoms with van der Waals surface area (Å²) >= 11 is 0. The van der Waals surface area contributed by atoms with E-state index in [2.05, 4.69) is 15.1 Å². The SMILES string of the molecule is O=C(CN1CCC(CN2CCCCCC2)CC1)Nc1ccc(S(=O)(=O)N2CCOCC2)cc1. The lowest BCUT2D eigenvalue weighted by atomic mass is 9.96. The molecule has 0 bridgehead atoms. The number of rotatable bonds is 7. The van der Waals surface area contributed by atoms with Crippen molar-refractivity contribution in [3.05, 3.63) is 24.3 Å². The van der Waals surface area contributed by atoms with Gasteiger partial charge in [0.15, 0.2) is 0 Å². The van der Waals surface area contributed by atoms with Gasteiger partial charge < -0.3 is 15.0 Å². The zero-order valence-electron chi connectivity index (χ0n) is 19.6. The molecule has 1 amide bonds. The van der Waals surface area contributed by atoms with Crippen molar-refractivity contribution in [2.24, 2.45) is 5.92 Å². The topological polar surface area (TPSA) is 82.2 Å². The lowest BCUT2D eigenvalue weighted by molar-refractivity contribution is -0.117. The van der Waals surface area contributed by atoms with Crippen molar-refractivity contribution in [3.63, 3.8) is 0 Å². The molecular weight excluding hydrogens is 440 g/mol. The lowest BCUT2D eigenvalue weighted by Gasteiger charge is -2.34. The quantitative estimate of drug-likeness (QED) is 0.647. The number of anilines is 1. The summed E-state index contributed by atoms with van der Waals surface area (Å²) < 4.78 is 32.1. The summed E-state index contributed by atoms with van der Waals surface area (Å²) in [6.45, 7) is 7.58. The molecule has 3 fully saturated rings. The number of hydrogen-bond acceptors (Lipinski definition) is 6. The molecule has 0 saturated carbocycles. The van der Waals surface area contributed by atoms with Crippen LogP contribution in [0.4, 0.5) is 5.69 Å². The van der Waals surface area contributed by atoms with Crippen LogP contribution in [-0.2, 0) is 19.6 Å². The summed E-state index contributed by atoms with van der Waals surface area (Å²) in [4.78, 5) is 17.7. The van der Waals surface area contributed by atoms with E-state index in [9.17, 15) is 13.2 Å². The van der Waals surface area contributed by atoms with Crippen molar-refractivity contribution in [1.29, 1.82) is 0 Å². The summed E-state index contributed by atoms with van der Waals surface area (Å²) in [5.74, 6) is 0.688. The fourth-order valence-electron chi connectivity index (χ4n) is 5.06. The van der Waals surface area contributed by atoms with Gasteiger partial charge in [-0.2, -0.15) is 4.31 Å². The molecule has 3 heterocycles. The molecule has 4 rings (SSSR count). The first-order chi connectivity index (χ1) is 16.0. The minimum atomic E-state index is -3.52. The standard InChI is InChI=1S/C24H38N4O4S/c29-24(20-27-13-9-21(10-14-27)19-26-11-3-1-2-4-12-26)25-22-5-7-23(8-6-22)33(30,31)28-15-17-32-18-16-28/h5-8,21H,1-4,9-20H2,(H,25,29). The van der Waals surface area contributed by atoms with Gasteiger partial charge in [-0.25, -0.2) is 8.42 Å². The number of ether oxygens (including phenoxy) is 1. The number of benzene rings is 1. The first-order valence-electron chi connectivity index (χ1n) is 12.4. The van der Waals surface area contributed by atoms with Crippen LogP contribution in [0.1, 0.15) is 38.5 Å². The Morgan fingerprint density at radius 3 is 2.15 bits per heavy atom. The molecule has 1 aromatic rings. The van der Waals surface area contributed by atoms with Crippen LogP contribution in [0, 0.1) is 5.92 Å². The van der Waals surface area contributed by atoms with Crippen LogP contribution in [0.5, 0.6) is 0 Å². The number of nitrogens with one attached hydrogen (secondary N) is 1. The van der Waals surface area contributed by atoms with Crippen molar-refractivity contribution in [1.82, 2.24) is 14.1 Å². The van der Waals surface area contributed by atoms with Gasteiger partial charge in [-0.1, -0.05) is 12.8 Å². The molecule has 0 atom stereocenters. The molecule has 3 aliphatic rings. The predicted octanol–water partition coefficient (Wildman–Crippen LogP) is 2.23. The third kappa shape index (κ3) is 6.99. The molecule has 0 radical (unpaired) electrons. The second kappa shape index (κ2) is 11.8. The van der Waals surface area contributed by atoms with E-state index in [0.717, 1.165) is 31.8 Å². The van der Waals surface area contributed by atoms with Crippen LogP contribution < -0.4 is 5.32 Å². The average molecular weight is 479 g/mol. The average Bonchev–Trinajstić information content (AvgIpc) is 3.10. The molecule has 33 heavy (non-hydrogen) atoms. The van der Waals surface area contributed by atoms with Crippen molar-refractivity contribution in [2.75, 3.05) is 70.9 Å². The highest BCUT2D eigenvalue weighted by molar-refractivity contribution is 7.89. The van der Waals surface area contributed by atoms with Gasteiger partial charge in [-0.15, -0.1) is 0 Å². The highest BCUT2D eigenvalue weighted by Gasteiger charge is 2.26. The van der Waals surface area contributed by atoms with Gasteiger partial charge in [0.1, 0.15) is 0 Å². The van der Waals surface area contributed by atoms with Crippen LogP contribution in [-0.4, -0.2) is 94.0 Å². The number of piperidine rings is 1. The largest absolute Gasteiger partial charge is 0.379 e. The smallest absolute Gasteiger partial charge is 0.243 e. The zero-order valence-corrected chi connectivity index (χ0v) is 20.4. The fourth-order valence-corrected chi connectivity index (χ4v) is 6.47. The van der Waals surface area contributed by atoms with E-state index >= 15 is 0 Å². The maximum atomic E-state index is 12.7. The highest BCUT2D eigenvalue weighted by atomic mass is 32.2. The third-order valence-corrected chi connectivity index (χ3v) is 8.95. The number of hydrogen-bond donors (Lipinski definition) is 1. The monoisotopic (exact) mass is 478 g/mol. The van der Waals surface area contributed by atoms with E-state index in [1.807, 2.05) is 0 Å². The Morgan fingerprint density at radius 2 is 1.52 bits per heavy atom. The molecule has 0 unspecified atom stereocenters. The van der Waals surface area contributed by atoms with Crippen LogP contribution in [0.3, 0.4) is 0 Å². The second-order valence-electron chi connectivity index (χ2n) is 9.52. The van der Waals surface area contributed by atoms with Crippen molar-refractivity contribution in [3.8, 4) is 0 Å². The summed E-state index contributed by atoms with van der Waals surface area (Å²) in [5, 5.41) is 2.91. The minimum Gasteiger partial charge on any atom is -0.379 e. The Labute approximate surface area is 198 Å². The number of morpholine rings is 1. The van der Waals surface area contributed by atoms with Crippen LogP contribution in [0.2, 0.25) is 0 Å². The van der Waals surface area contributed by atoms with E-state index in [4.69, 9.17) is 4.74 Å². The molecule has 3 saturated heterocycles. The fraction of sp³-hybridized carbons (Fsp3) is 0.708. The van der Waals surface area contributed by atoms with Gasteiger partial charge >= 0.3 is 0 Å². The van der Waals surface area contributed by atoms with Crippen LogP contribution in [0.15, 0.2) is 29.2 Å². The van der Waals surface area contributed by atoms with E-state index < -0.39 is 10.0 Å². The number of likely N-dealkylation sites (tertiary alicyclic amines) is 2. The molecule has 0 aliphatic carbocycles.